The maximum Gasteiger partial charge on any atom is 0.410 e. The van der Waals surface area contributed by atoms with E-state index >= 15 is 0 Å². The van der Waals surface area contributed by atoms with Crippen molar-refractivity contribution in [1.29, 1.82) is 0 Å². The van der Waals surface area contributed by atoms with E-state index in [2.05, 4.69) is 10.3 Å². The summed E-state index contributed by atoms with van der Waals surface area (Å²) < 4.78 is 52.4. The molecule has 3 heterocycles. The largest absolute Gasteiger partial charge is 0.488 e. The fourth-order valence-corrected chi connectivity index (χ4v) is 3.82. The fourth-order valence-electron chi connectivity index (χ4n) is 3.82. The smallest absolute Gasteiger partial charge is 0.410 e. The third-order valence-electron chi connectivity index (χ3n) is 5.77. The number of benzene rings is 1. The van der Waals surface area contributed by atoms with Crippen LogP contribution in [0, 0.1) is 27.7 Å². The third-order valence-corrected chi connectivity index (χ3v) is 5.77. The monoisotopic (exact) mass is 448 g/mol. The maximum absolute atomic E-state index is 13.5. The minimum absolute atomic E-state index is 0.0173. The van der Waals surface area contributed by atoms with Gasteiger partial charge in [-0.25, -0.2) is 4.68 Å². The first kappa shape index (κ1) is 21.9. The first-order valence-electron chi connectivity index (χ1n) is 10.2. The summed E-state index contributed by atoms with van der Waals surface area (Å²) in [7, 11) is 0. The molecule has 1 aliphatic heterocycles. The molecule has 4 rings (SSSR count). The molecule has 0 saturated heterocycles. The lowest BCUT2D eigenvalue weighted by atomic mass is 10.1. The Morgan fingerprint density at radius 3 is 2.72 bits per heavy atom. The number of aryl methyl sites for hydroxylation is 3. The van der Waals surface area contributed by atoms with Crippen LogP contribution in [0.25, 0.3) is 0 Å². The third kappa shape index (κ3) is 3.85. The fraction of sp³-hybridized carbons (Fsp3) is 0.409. The second-order valence-corrected chi connectivity index (χ2v) is 7.94. The van der Waals surface area contributed by atoms with E-state index in [0.29, 0.717) is 22.8 Å². The van der Waals surface area contributed by atoms with Crippen molar-refractivity contribution in [2.75, 3.05) is 11.4 Å². The van der Waals surface area contributed by atoms with Gasteiger partial charge in [-0.05, 0) is 51.3 Å². The molecule has 1 unspecified atom stereocenters. The van der Waals surface area contributed by atoms with Crippen molar-refractivity contribution >= 4 is 11.7 Å². The number of fused-ring (bicyclic) bond motifs is 1. The van der Waals surface area contributed by atoms with Gasteiger partial charge < -0.3 is 9.26 Å². The van der Waals surface area contributed by atoms with E-state index in [1.807, 2.05) is 32.0 Å². The topological polar surface area (TPSA) is 73.4 Å². The highest BCUT2D eigenvalue weighted by molar-refractivity contribution is 6.05. The van der Waals surface area contributed by atoms with E-state index in [-0.39, 0.29) is 31.1 Å². The van der Waals surface area contributed by atoms with Crippen LogP contribution in [0.2, 0.25) is 0 Å². The first-order valence-corrected chi connectivity index (χ1v) is 10.2. The second-order valence-electron chi connectivity index (χ2n) is 7.94. The van der Waals surface area contributed by atoms with Crippen LogP contribution in [0.15, 0.2) is 28.8 Å². The molecule has 170 valence electrons. The average Bonchev–Trinajstić information content (AvgIpc) is 3.29. The summed E-state index contributed by atoms with van der Waals surface area (Å²) in [6, 6.07) is 5.36. The zero-order valence-corrected chi connectivity index (χ0v) is 18.2. The zero-order chi connectivity index (χ0) is 23.2. The standard InChI is InChI=1S/C22H23F3N4O3/c1-12-6-5-7-17(14(12)3)31-11-16-15(4)32-27-20(16)21(30)28-9-8-18(22(23,24)25)29-19(28)10-13(2)26-29/h5-7,10,18H,8-9,11H2,1-4H3. The molecule has 0 N–H and O–H groups in total. The van der Waals surface area contributed by atoms with E-state index in [4.69, 9.17) is 9.26 Å². The summed E-state index contributed by atoms with van der Waals surface area (Å²) in [6.07, 6.45) is -4.76. The molecule has 10 heteroatoms. The Kier molecular flexibility index (Phi) is 5.47. The minimum atomic E-state index is -4.46. The molecule has 1 atom stereocenters. The van der Waals surface area contributed by atoms with Gasteiger partial charge >= 0.3 is 6.18 Å². The summed E-state index contributed by atoms with van der Waals surface area (Å²) in [4.78, 5) is 14.6. The molecule has 0 bridgehead atoms. The normalized spacial score (nSPS) is 16.2. The molecule has 0 radical (unpaired) electrons. The van der Waals surface area contributed by atoms with Gasteiger partial charge in [-0.15, -0.1) is 0 Å². The van der Waals surface area contributed by atoms with Crippen LogP contribution < -0.4 is 9.64 Å². The number of hydrogen-bond donors (Lipinski definition) is 0. The number of amides is 1. The van der Waals surface area contributed by atoms with Crippen LogP contribution in [0.4, 0.5) is 19.0 Å². The molecular formula is C22H23F3N4O3. The number of carbonyl (C=O) groups is 1. The molecule has 7 nitrogen and oxygen atoms in total. The molecule has 0 fully saturated rings. The van der Waals surface area contributed by atoms with Crippen molar-refractivity contribution < 1.29 is 27.2 Å². The lowest BCUT2D eigenvalue weighted by Gasteiger charge is -2.33. The Balaban J connectivity index is 1.62. The van der Waals surface area contributed by atoms with E-state index in [0.717, 1.165) is 15.8 Å². The van der Waals surface area contributed by atoms with Crippen molar-refractivity contribution in [3.05, 3.63) is 58.1 Å². The summed E-state index contributed by atoms with van der Waals surface area (Å²) in [6.45, 7) is 7.08. The summed E-state index contributed by atoms with van der Waals surface area (Å²) in [5.41, 5.74) is 2.91. The average molecular weight is 448 g/mol. The number of rotatable bonds is 4. The van der Waals surface area contributed by atoms with E-state index in [1.165, 1.54) is 11.0 Å². The number of halogens is 3. The quantitative estimate of drug-likeness (QED) is 0.571. The molecule has 3 aromatic rings. The number of ether oxygens (including phenoxy) is 1. The van der Waals surface area contributed by atoms with Gasteiger partial charge in [-0.2, -0.15) is 18.3 Å². The molecule has 0 spiro atoms. The predicted molar refractivity (Wildman–Crippen MR) is 110 cm³/mol. The highest BCUT2D eigenvalue weighted by Gasteiger charge is 2.46. The lowest BCUT2D eigenvalue weighted by molar-refractivity contribution is -0.172. The molecule has 2 aromatic heterocycles. The van der Waals surface area contributed by atoms with Gasteiger partial charge in [0.05, 0.1) is 11.3 Å². The van der Waals surface area contributed by atoms with Gasteiger partial charge in [0.25, 0.3) is 5.91 Å². The van der Waals surface area contributed by atoms with Crippen molar-refractivity contribution in [2.24, 2.45) is 0 Å². The molecule has 32 heavy (non-hydrogen) atoms. The Hall–Kier alpha value is -3.30. The Labute approximate surface area is 182 Å². The maximum atomic E-state index is 13.5. The summed E-state index contributed by atoms with van der Waals surface area (Å²) in [5.74, 6) is 0.614. The lowest BCUT2D eigenvalue weighted by Crippen LogP contribution is -2.43. The van der Waals surface area contributed by atoms with Gasteiger partial charge in [-0.1, -0.05) is 17.3 Å². The van der Waals surface area contributed by atoms with Crippen LogP contribution in [-0.4, -0.2) is 33.6 Å². The number of carbonyl (C=O) groups excluding carboxylic acids is 1. The predicted octanol–water partition coefficient (Wildman–Crippen LogP) is 4.84. The van der Waals surface area contributed by atoms with Crippen molar-refractivity contribution in [3.63, 3.8) is 0 Å². The number of anilines is 1. The SMILES string of the molecule is Cc1cc2n(n1)C(C(F)(F)F)CCN2C(=O)c1noc(C)c1COc1cccc(C)c1C. The minimum Gasteiger partial charge on any atom is -0.488 e. The molecule has 0 saturated carbocycles. The Bertz CT molecular complexity index is 1170. The molecule has 1 amide bonds. The van der Waals surface area contributed by atoms with Gasteiger partial charge in [0.15, 0.2) is 11.7 Å². The second kappa shape index (κ2) is 7.99. The van der Waals surface area contributed by atoms with Gasteiger partial charge in [0.1, 0.15) is 23.9 Å². The van der Waals surface area contributed by atoms with Gasteiger partial charge in [-0.3, -0.25) is 9.69 Å². The zero-order valence-electron chi connectivity index (χ0n) is 18.2. The van der Waals surface area contributed by atoms with Crippen molar-refractivity contribution in [3.8, 4) is 5.75 Å². The molecule has 1 aromatic carbocycles. The van der Waals surface area contributed by atoms with E-state index in [1.54, 1.807) is 13.8 Å². The van der Waals surface area contributed by atoms with Gasteiger partial charge in [0.2, 0.25) is 0 Å². The highest BCUT2D eigenvalue weighted by Crippen LogP contribution is 2.40. The Morgan fingerprint density at radius 1 is 1.25 bits per heavy atom. The summed E-state index contributed by atoms with van der Waals surface area (Å²) >= 11 is 0. The van der Waals surface area contributed by atoms with Crippen LogP contribution >= 0.6 is 0 Å². The van der Waals surface area contributed by atoms with Crippen molar-refractivity contribution in [2.45, 2.75) is 52.9 Å². The van der Waals surface area contributed by atoms with Crippen molar-refractivity contribution in [1.82, 2.24) is 14.9 Å². The van der Waals surface area contributed by atoms with Crippen LogP contribution in [0.3, 0.4) is 0 Å². The van der Waals surface area contributed by atoms with Gasteiger partial charge in [0, 0.05) is 12.6 Å². The molecule has 0 aliphatic carbocycles. The van der Waals surface area contributed by atoms with Crippen LogP contribution in [-0.2, 0) is 6.61 Å². The number of hydrogen-bond acceptors (Lipinski definition) is 5. The summed E-state index contributed by atoms with van der Waals surface area (Å²) in [5, 5.41) is 7.87. The number of alkyl halides is 3. The van der Waals surface area contributed by atoms with E-state index < -0.39 is 18.1 Å². The molecule has 1 aliphatic rings. The molecular weight excluding hydrogens is 425 g/mol. The van der Waals surface area contributed by atoms with Crippen LogP contribution in [0.1, 0.15) is 51.1 Å². The first-order chi connectivity index (χ1) is 15.1. The number of aromatic nitrogens is 3. The number of nitrogens with zero attached hydrogens (tertiary/aromatic N) is 4. The highest BCUT2D eigenvalue weighted by atomic mass is 19.4. The van der Waals surface area contributed by atoms with E-state index in [9.17, 15) is 18.0 Å². The van der Waals surface area contributed by atoms with Crippen LogP contribution in [0.5, 0.6) is 5.75 Å². The Morgan fingerprint density at radius 2 is 2.00 bits per heavy atom.